The van der Waals surface area contributed by atoms with Crippen LogP contribution >= 0.6 is 0 Å². The molecule has 6 heteroatoms. The van der Waals surface area contributed by atoms with Crippen LogP contribution < -0.4 is 4.74 Å². The summed E-state index contributed by atoms with van der Waals surface area (Å²) in [5, 5.41) is 0. The Morgan fingerprint density at radius 1 is 1.08 bits per heavy atom. The molecule has 0 bridgehead atoms. The number of carbonyl (C=O) groups excluding carboxylic acids is 2. The molecule has 2 aromatic rings. The minimum atomic E-state index is -0.745. The van der Waals surface area contributed by atoms with Crippen LogP contribution in [-0.2, 0) is 9.53 Å². The topological polar surface area (TPSA) is 52.6 Å². The van der Waals surface area contributed by atoms with Gasteiger partial charge in [-0.15, -0.1) is 0 Å². The molecule has 0 heterocycles. The first kappa shape index (κ1) is 17.3. The molecule has 2 aromatic carbocycles. The fraction of sp³-hybridized carbons (Fsp3) is 0.111. The summed E-state index contributed by atoms with van der Waals surface area (Å²) in [5.41, 5.74) is 0.474. The van der Waals surface area contributed by atoms with E-state index in [-0.39, 0.29) is 18.0 Å². The van der Waals surface area contributed by atoms with Gasteiger partial charge in [-0.1, -0.05) is 0 Å². The number of ketones is 1. The second kappa shape index (κ2) is 8.01. The highest BCUT2D eigenvalue weighted by molar-refractivity contribution is 6.06. The highest BCUT2D eigenvalue weighted by atomic mass is 19.1. The number of hydrogen-bond acceptors (Lipinski definition) is 4. The van der Waals surface area contributed by atoms with Crippen LogP contribution in [0.5, 0.6) is 5.75 Å². The van der Waals surface area contributed by atoms with E-state index in [2.05, 4.69) is 4.74 Å². The van der Waals surface area contributed by atoms with Gasteiger partial charge in [-0.2, -0.15) is 0 Å². The average Bonchev–Trinajstić information content (AvgIpc) is 2.59. The lowest BCUT2D eigenvalue weighted by atomic mass is 10.1. The molecule has 2 rings (SSSR count). The van der Waals surface area contributed by atoms with Gasteiger partial charge in [0.15, 0.2) is 12.4 Å². The SMILES string of the molecule is COC(=O)COc1ccc(C(=O)/C=C/c2ccc(F)cc2F)cc1. The summed E-state index contributed by atoms with van der Waals surface area (Å²) in [6.07, 6.45) is 2.47. The molecule has 24 heavy (non-hydrogen) atoms. The van der Waals surface area contributed by atoms with Crippen LogP contribution in [0.3, 0.4) is 0 Å². The summed E-state index contributed by atoms with van der Waals surface area (Å²) in [5.74, 6) is -1.88. The zero-order valence-corrected chi connectivity index (χ0v) is 12.8. The van der Waals surface area contributed by atoms with E-state index in [4.69, 9.17) is 4.74 Å². The fourth-order valence-corrected chi connectivity index (χ4v) is 1.81. The number of carbonyl (C=O) groups is 2. The zero-order valence-electron chi connectivity index (χ0n) is 12.8. The van der Waals surface area contributed by atoms with Gasteiger partial charge in [-0.25, -0.2) is 13.6 Å². The minimum absolute atomic E-state index is 0.114. The van der Waals surface area contributed by atoms with E-state index in [9.17, 15) is 18.4 Å². The standard InChI is InChI=1S/C18H14F2O4/c1-23-18(22)11-24-15-7-3-13(4-8-15)17(21)9-5-12-2-6-14(19)10-16(12)20/h2-10H,11H2,1H3/b9-5+. The third-order valence-corrected chi connectivity index (χ3v) is 3.10. The van der Waals surface area contributed by atoms with Crippen LogP contribution in [0.4, 0.5) is 8.78 Å². The first-order valence-corrected chi connectivity index (χ1v) is 6.97. The van der Waals surface area contributed by atoms with Crippen LogP contribution in [0.15, 0.2) is 48.5 Å². The summed E-state index contributed by atoms with van der Waals surface area (Å²) in [6, 6.07) is 9.20. The number of allylic oxidation sites excluding steroid dienone is 1. The lowest BCUT2D eigenvalue weighted by Crippen LogP contribution is -2.12. The second-order valence-electron chi connectivity index (χ2n) is 4.75. The summed E-state index contributed by atoms with van der Waals surface area (Å²) in [7, 11) is 1.25. The Morgan fingerprint density at radius 2 is 1.79 bits per heavy atom. The third-order valence-electron chi connectivity index (χ3n) is 3.10. The molecule has 0 fully saturated rings. The quantitative estimate of drug-likeness (QED) is 0.462. The van der Waals surface area contributed by atoms with Crippen LogP contribution in [0.25, 0.3) is 6.08 Å². The molecule has 0 aliphatic heterocycles. The van der Waals surface area contributed by atoms with E-state index >= 15 is 0 Å². The Labute approximate surface area is 137 Å². The molecule has 0 spiro atoms. The number of rotatable bonds is 6. The molecule has 0 aliphatic carbocycles. The van der Waals surface area contributed by atoms with Crippen LogP contribution in [0, 0.1) is 11.6 Å². The molecule has 0 radical (unpaired) electrons. The molecular weight excluding hydrogens is 318 g/mol. The number of esters is 1. The lowest BCUT2D eigenvalue weighted by Gasteiger charge is -2.05. The van der Waals surface area contributed by atoms with E-state index < -0.39 is 17.6 Å². The molecule has 0 unspecified atom stereocenters. The summed E-state index contributed by atoms with van der Waals surface area (Å²) in [6.45, 7) is -0.229. The number of halogens is 2. The predicted octanol–water partition coefficient (Wildman–Crippen LogP) is 3.41. The van der Waals surface area contributed by atoms with Gasteiger partial charge in [0.2, 0.25) is 0 Å². The highest BCUT2D eigenvalue weighted by Crippen LogP contribution is 2.15. The molecular formula is C18H14F2O4. The van der Waals surface area contributed by atoms with Crippen molar-refractivity contribution in [3.05, 3.63) is 71.3 Å². The van der Waals surface area contributed by atoms with E-state index in [1.165, 1.54) is 49.6 Å². The Bertz CT molecular complexity index is 767. The minimum Gasteiger partial charge on any atom is -0.482 e. The van der Waals surface area contributed by atoms with Crippen molar-refractivity contribution in [1.82, 2.24) is 0 Å². The Kier molecular flexibility index (Phi) is 5.78. The van der Waals surface area contributed by atoms with Gasteiger partial charge >= 0.3 is 5.97 Å². The summed E-state index contributed by atoms with van der Waals surface area (Å²) < 4.78 is 35.9. The van der Waals surface area contributed by atoms with Crippen molar-refractivity contribution in [2.75, 3.05) is 13.7 Å². The first-order valence-electron chi connectivity index (χ1n) is 6.97. The molecule has 0 saturated carbocycles. The van der Waals surface area contributed by atoms with Gasteiger partial charge in [0.1, 0.15) is 17.4 Å². The van der Waals surface area contributed by atoms with Gasteiger partial charge < -0.3 is 9.47 Å². The van der Waals surface area contributed by atoms with Gasteiger partial charge in [0.05, 0.1) is 7.11 Å². The van der Waals surface area contributed by atoms with Crippen molar-refractivity contribution in [3.8, 4) is 5.75 Å². The maximum atomic E-state index is 13.5. The molecule has 0 amide bonds. The number of benzene rings is 2. The van der Waals surface area contributed by atoms with E-state index in [1.807, 2.05) is 0 Å². The van der Waals surface area contributed by atoms with Gasteiger partial charge in [0, 0.05) is 17.2 Å². The van der Waals surface area contributed by atoms with Crippen molar-refractivity contribution in [2.45, 2.75) is 0 Å². The number of methoxy groups -OCH3 is 1. The molecule has 0 N–H and O–H groups in total. The smallest absolute Gasteiger partial charge is 0.343 e. The van der Waals surface area contributed by atoms with Gasteiger partial charge in [0.25, 0.3) is 0 Å². The Morgan fingerprint density at radius 3 is 2.42 bits per heavy atom. The van der Waals surface area contributed by atoms with Gasteiger partial charge in [-0.05, 0) is 48.6 Å². The summed E-state index contributed by atoms with van der Waals surface area (Å²) in [4.78, 5) is 23.0. The first-order chi connectivity index (χ1) is 11.5. The third kappa shape index (κ3) is 4.74. The van der Waals surface area contributed by atoms with Crippen molar-refractivity contribution < 1.29 is 27.8 Å². The zero-order chi connectivity index (χ0) is 17.5. The molecule has 0 aliphatic rings. The van der Waals surface area contributed by atoms with Crippen molar-refractivity contribution in [3.63, 3.8) is 0 Å². The molecule has 124 valence electrons. The summed E-state index contributed by atoms with van der Waals surface area (Å²) >= 11 is 0. The Hall–Kier alpha value is -3.02. The molecule has 4 nitrogen and oxygen atoms in total. The molecule has 0 saturated heterocycles. The number of hydrogen-bond donors (Lipinski definition) is 0. The van der Waals surface area contributed by atoms with E-state index in [0.29, 0.717) is 11.3 Å². The van der Waals surface area contributed by atoms with Crippen LogP contribution in [0.1, 0.15) is 15.9 Å². The van der Waals surface area contributed by atoms with E-state index in [1.54, 1.807) is 0 Å². The van der Waals surface area contributed by atoms with Crippen molar-refractivity contribution >= 4 is 17.8 Å². The van der Waals surface area contributed by atoms with Crippen LogP contribution in [-0.4, -0.2) is 25.5 Å². The second-order valence-corrected chi connectivity index (χ2v) is 4.75. The normalized spacial score (nSPS) is 10.6. The average molecular weight is 332 g/mol. The van der Waals surface area contributed by atoms with Crippen LogP contribution in [0.2, 0.25) is 0 Å². The fourth-order valence-electron chi connectivity index (χ4n) is 1.81. The predicted molar refractivity (Wildman–Crippen MR) is 83.7 cm³/mol. The molecule has 0 aromatic heterocycles. The van der Waals surface area contributed by atoms with Crippen molar-refractivity contribution in [2.24, 2.45) is 0 Å². The monoisotopic (exact) mass is 332 g/mol. The maximum absolute atomic E-state index is 13.5. The maximum Gasteiger partial charge on any atom is 0.343 e. The van der Waals surface area contributed by atoms with E-state index in [0.717, 1.165) is 12.1 Å². The Balaban J connectivity index is 2.02. The van der Waals surface area contributed by atoms with Gasteiger partial charge in [-0.3, -0.25) is 4.79 Å². The number of ether oxygens (including phenoxy) is 2. The lowest BCUT2D eigenvalue weighted by molar-refractivity contribution is -0.142. The largest absolute Gasteiger partial charge is 0.482 e. The molecule has 0 atom stereocenters. The van der Waals surface area contributed by atoms with Crippen molar-refractivity contribution in [1.29, 1.82) is 0 Å². The highest BCUT2D eigenvalue weighted by Gasteiger charge is 2.06.